The number of rotatable bonds is 4. The summed E-state index contributed by atoms with van der Waals surface area (Å²) in [6.07, 6.45) is 0. The van der Waals surface area contributed by atoms with Crippen molar-refractivity contribution >= 4 is 39.1 Å². The molecular formula is C16H16BrClN2O. The minimum absolute atomic E-state index is 0.422. The van der Waals surface area contributed by atoms with Gasteiger partial charge in [-0.25, -0.2) is 0 Å². The molecule has 5 heteroatoms. The first-order chi connectivity index (χ1) is 9.90. The number of halogens is 2. The van der Waals surface area contributed by atoms with Crippen LogP contribution in [0.2, 0.25) is 5.02 Å². The first-order valence-corrected chi connectivity index (χ1v) is 7.64. The summed E-state index contributed by atoms with van der Waals surface area (Å²) < 4.78 is 0.762. The predicted molar refractivity (Wildman–Crippen MR) is 90.6 cm³/mol. The molecule has 0 heterocycles. The van der Waals surface area contributed by atoms with E-state index < -0.39 is 11.9 Å². The van der Waals surface area contributed by atoms with Gasteiger partial charge in [0.25, 0.3) is 0 Å². The summed E-state index contributed by atoms with van der Waals surface area (Å²) in [6.45, 7) is 4.00. The normalized spacial score (nSPS) is 12.0. The summed E-state index contributed by atoms with van der Waals surface area (Å²) in [5.74, 6) is -0.422. The van der Waals surface area contributed by atoms with E-state index >= 15 is 0 Å². The van der Waals surface area contributed by atoms with Gasteiger partial charge in [0.15, 0.2) is 0 Å². The summed E-state index contributed by atoms with van der Waals surface area (Å²) in [6, 6.07) is 10.7. The maximum absolute atomic E-state index is 11.8. The Morgan fingerprint density at radius 3 is 2.62 bits per heavy atom. The van der Waals surface area contributed by atoms with Gasteiger partial charge in [0, 0.05) is 10.2 Å². The smallest absolute Gasteiger partial charge is 0.244 e. The van der Waals surface area contributed by atoms with Gasteiger partial charge in [-0.05, 0) is 64.7 Å². The van der Waals surface area contributed by atoms with Gasteiger partial charge in [0.05, 0.1) is 5.02 Å². The van der Waals surface area contributed by atoms with E-state index in [0.29, 0.717) is 5.02 Å². The molecule has 0 fully saturated rings. The number of anilines is 1. The Labute approximate surface area is 137 Å². The van der Waals surface area contributed by atoms with Crippen molar-refractivity contribution in [1.82, 2.24) is 0 Å². The summed E-state index contributed by atoms with van der Waals surface area (Å²) in [7, 11) is 0. The van der Waals surface area contributed by atoms with Crippen LogP contribution in [0, 0.1) is 13.8 Å². The Bertz CT molecular complexity index is 688. The highest BCUT2D eigenvalue weighted by molar-refractivity contribution is 9.10. The average Bonchev–Trinajstić information content (AvgIpc) is 2.43. The number of carbonyl (C=O) groups excluding carboxylic acids is 1. The number of carbonyl (C=O) groups is 1. The van der Waals surface area contributed by atoms with E-state index in [1.165, 1.54) is 0 Å². The molecule has 0 aliphatic carbocycles. The van der Waals surface area contributed by atoms with Crippen molar-refractivity contribution in [3.63, 3.8) is 0 Å². The van der Waals surface area contributed by atoms with Crippen LogP contribution in [-0.2, 0) is 4.79 Å². The van der Waals surface area contributed by atoms with Crippen molar-refractivity contribution in [2.45, 2.75) is 19.9 Å². The van der Waals surface area contributed by atoms with Crippen molar-refractivity contribution in [3.05, 3.63) is 62.6 Å². The molecule has 1 atom stereocenters. The fourth-order valence-corrected chi connectivity index (χ4v) is 2.64. The molecule has 2 rings (SSSR count). The number of nitrogens with one attached hydrogen (secondary N) is 1. The first-order valence-electron chi connectivity index (χ1n) is 6.47. The van der Waals surface area contributed by atoms with Crippen LogP contribution < -0.4 is 11.1 Å². The van der Waals surface area contributed by atoms with Gasteiger partial charge < -0.3 is 11.1 Å². The molecule has 0 radical (unpaired) electrons. The number of nitrogens with two attached hydrogens (primary N) is 1. The molecule has 0 spiro atoms. The Morgan fingerprint density at radius 1 is 1.29 bits per heavy atom. The molecule has 2 aromatic carbocycles. The number of hydrogen-bond donors (Lipinski definition) is 2. The molecule has 21 heavy (non-hydrogen) atoms. The van der Waals surface area contributed by atoms with Crippen LogP contribution >= 0.6 is 27.5 Å². The molecule has 0 aromatic heterocycles. The standard InChI is InChI=1S/C16H16BrClN2O/c1-9-4-3-5-12(10(9)2)15(16(19)21)20-11-6-7-14(18)13(17)8-11/h3-8,15,20H,1-2H3,(H2,19,21). The Kier molecular flexibility index (Phi) is 4.91. The molecule has 0 saturated carbocycles. The van der Waals surface area contributed by atoms with Crippen LogP contribution in [-0.4, -0.2) is 5.91 Å². The van der Waals surface area contributed by atoms with E-state index in [2.05, 4.69) is 21.2 Å². The van der Waals surface area contributed by atoms with Crippen LogP contribution in [0.1, 0.15) is 22.7 Å². The van der Waals surface area contributed by atoms with Crippen LogP contribution in [0.15, 0.2) is 40.9 Å². The number of primary amides is 1. The topological polar surface area (TPSA) is 55.1 Å². The maximum atomic E-state index is 11.8. The van der Waals surface area contributed by atoms with Gasteiger partial charge in [-0.2, -0.15) is 0 Å². The fraction of sp³-hybridized carbons (Fsp3) is 0.188. The third-order valence-electron chi connectivity index (χ3n) is 3.47. The Balaban J connectivity index is 2.38. The van der Waals surface area contributed by atoms with E-state index in [1.54, 1.807) is 6.07 Å². The van der Waals surface area contributed by atoms with Crippen molar-refractivity contribution < 1.29 is 4.79 Å². The summed E-state index contributed by atoms with van der Waals surface area (Å²) in [5, 5.41) is 3.78. The molecule has 0 saturated heterocycles. The van der Waals surface area contributed by atoms with Crippen molar-refractivity contribution in [3.8, 4) is 0 Å². The quantitative estimate of drug-likeness (QED) is 0.843. The number of aryl methyl sites for hydroxylation is 1. The molecule has 0 aliphatic heterocycles. The Morgan fingerprint density at radius 2 is 2.00 bits per heavy atom. The van der Waals surface area contributed by atoms with E-state index in [0.717, 1.165) is 26.9 Å². The summed E-state index contributed by atoms with van der Waals surface area (Å²) in [4.78, 5) is 11.8. The lowest BCUT2D eigenvalue weighted by atomic mass is 9.97. The van der Waals surface area contributed by atoms with E-state index in [1.807, 2.05) is 44.2 Å². The van der Waals surface area contributed by atoms with Crippen molar-refractivity contribution in [1.29, 1.82) is 0 Å². The molecule has 3 N–H and O–H groups in total. The lowest BCUT2D eigenvalue weighted by Crippen LogP contribution is -2.28. The van der Waals surface area contributed by atoms with Crippen molar-refractivity contribution in [2.24, 2.45) is 5.73 Å². The van der Waals surface area contributed by atoms with Gasteiger partial charge in [-0.3, -0.25) is 4.79 Å². The largest absolute Gasteiger partial charge is 0.370 e. The van der Waals surface area contributed by atoms with Crippen LogP contribution in [0.25, 0.3) is 0 Å². The summed E-state index contributed by atoms with van der Waals surface area (Å²) >= 11 is 9.34. The second-order valence-corrected chi connectivity index (χ2v) is 6.16. The highest BCUT2D eigenvalue weighted by atomic mass is 79.9. The van der Waals surface area contributed by atoms with E-state index in [-0.39, 0.29) is 0 Å². The zero-order valence-electron chi connectivity index (χ0n) is 11.8. The van der Waals surface area contributed by atoms with Gasteiger partial charge >= 0.3 is 0 Å². The van der Waals surface area contributed by atoms with Crippen LogP contribution in [0.5, 0.6) is 0 Å². The highest BCUT2D eigenvalue weighted by Gasteiger charge is 2.20. The first kappa shape index (κ1) is 15.9. The molecule has 2 aromatic rings. The van der Waals surface area contributed by atoms with Gasteiger partial charge in [0.1, 0.15) is 6.04 Å². The van der Waals surface area contributed by atoms with E-state index in [4.69, 9.17) is 17.3 Å². The number of hydrogen-bond acceptors (Lipinski definition) is 2. The van der Waals surface area contributed by atoms with E-state index in [9.17, 15) is 4.79 Å². The minimum atomic E-state index is -0.585. The lowest BCUT2D eigenvalue weighted by molar-refractivity contribution is -0.118. The minimum Gasteiger partial charge on any atom is -0.370 e. The van der Waals surface area contributed by atoms with Gasteiger partial charge in [-0.15, -0.1) is 0 Å². The maximum Gasteiger partial charge on any atom is 0.244 e. The molecule has 0 bridgehead atoms. The predicted octanol–water partition coefficient (Wildman–Crippen LogP) is 4.36. The second kappa shape index (κ2) is 6.50. The Hall–Kier alpha value is -1.52. The van der Waals surface area contributed by atoms with Gasteiger partial charge in [-0.1, -0.05) is 29.8 Å². The zero-order chi connectivity index (χ0) is 15.6. The van der Waals surface area contributed by atoms with Crippen LogP contribution in [0.3, 0.4) is 0 Å². The zero-order valence-corrected chi connectivity index (χ0v) is 14.1. The van der Waals surface area contributed by atoms with Crippen LogP contribution in [0.4, 0.5) is 5.69 Å². The number of amides is 1. The molecule has 1 amide bonds. The number of benzene rings is 2. The monoisotopic (exact) mass is 366 g/mol. The molecular weight excluding hydrogens is 352 g/mol. The lowest BCUT2D eigenvalue weighted by Gasteiger charge is -2.20. The summed E-state index contributed by atoms with van der Waals surface area (Å²) in [5.41, 5.74) is 9.40. The SMILES string of the molecule is Cc1cccc(C(Nc2ccc(Cl)c(Br)c2)C(N)=O)c1C. The van der Waals surface area contributed by atoms with Crippen molar-refractivity contribution in [2.75, 3.05) is 5.32 Å². The highest BCUT2D eigenvalue weighted by Crippen LogP contribution is 2.29. The van der Waals surface area contributed by atoms with Gasteiger partial charge in [0.2, 0.25) is 5.91 Å². The third kappa shape index (κ3) is 3.57. The molecule has 0 aliphatic rings. The fourth-order valence-electron chi connectivity index (χ4n) is 2.14. The molecule has 1 unspecified atom stereocenters. The average molecular weight is 368 g/mol. The second-order valence-electron chi connectivity index (χ2n) is 4.90. The molecule has 3 nitrogen and oxygen atoms in total. The molecule has 110 valence electrons. The third-order valence-corrected chi connectivity index (χ3v) is 4.69.